The van der Waals surface area contributed by atoms with Crippen molar-refractivity contribution in [2.75, 3.05) is 0 Å². The first-order valence-corrected chi connectivity index (χ1v) is 4.67. The van der Waals surface area contributed by atoms with E-state index in [2.05, 4.69) is 10.3 Å². The molecule has 0 saturated carbocycles. The molecular formula is C11H10N4O. The Hall–Kier alpha value is -2.43. The summed E-state index contributed by atoms with van der Waals surface area (Å²) in [5.74, 6) is -0.857. The molecule has 5 heteroatoms. The first-order valence-electron chi connectivity index (χ1n) is 4.67. The molecule has 0 radical (unpaired) electrons. The van der Waals surface area contributed by atoms with Crippen molar-refractivity contribution in [3.05, 3.63) is 42.2 Å². The second-order valence-corrected chi connectivity index (χ2v) is 3.25. The van der Waals surface area contributed by atoms with Gasteiger partial charge >= 0.3 is 0 Å². The van der Waals surface area contributed by atoms with Crippen molar-refractivity contribution >= 4 is 22.6 Å². The lowest BCUT2D eigenvalue weighted by Crippen LogP contribution is -2.36. The number of nitrogens with two attached hydrogens (primary N) is 1. The van der Waals surface area contributed by atoms with Gasteiger partial charge in [-0.2, -0.15) is 0 Å². The summed E-state index contributed by atoms with van der Waals surface area (Å²) < 4.78 is 0. The molecule has 2 rings (SSSR count). The van der Waals surface area contributed by atoms with E-state index in [0.717, 1.165) is 10.8 Å². The highest BCUT2D eigenvalue weighted by atomic mass is 16.2. The fraction of sp³-hybridized carbons (Fsp3) is 0. The standard InChI is InChI=1S/C11H10N4O/c12-11(13)15-10(16)9-8-4-2-1-3-7(8)5-6-14-9/h1-6H,(H4,12,13,15,16). The number of rotatable bonds is 1. The van der Waals surface area contributed by atoms with E-state index in [9.17, 15) is 4.79 Å². The van der Waals surface area contributed by atoms with Gasteiger partial charge in [-0.15, -0.1) is 0 Å². The van der Waals surface area contributed by atoms with Gasteiger partial charge < -0.3 is 5.73 Å². The maximum absolute atomic E-state index is 11.7. The van der Waals surface area contributed by atoms with E-state index in [1.54, 1.807) is 12.3 Å². The van der Waals surface area contributed by atoms with Gasteiger partial charge in [-0.05, 0) is 11.5 Å². The second kappa shape index (κ2) is 3.98. The zero-order valence-corrected chi connectivity index (χ0v) is 8.40. The van der Waals surface area contributed by atoms with Crippen LogP contribution in [0.3, 0.4) is 0 Å². The van der Waals surface area contributed by atoms with Crippen molar-refractivity contribution in [1.82, 2.24) is 10.3 Å². The van der Waals surface area contributed by atoms with Gasteiger partial charge in [0.05, 0.1) is 0 Å². The minimum atomic E-state index is -0.468. The lowest BCUT2D eigenvalue weighted by atomic mass is 10.1. The Labute approximate surface area is 91.8 Å². The van der Waals surface area contributed by atoms with Crippen LogP contribution in [0.1, 0.15) is 10.5 Å². The molecule has 0 fully saturated rings. The van der Waals surface area contributed by atoms with Crippen LogP contribution in [0.25, 0.3) is 10.8 Å². The minimum absolute atomic E-state index is 0.272. The van der Waals surface area contributed by atoms with Crippen molar-refractivity contribution in [3.63, 3.8) is 0 Å². The number of hydrogen-bond donors (Lipinski definition) is 3. The third-order valence-electron chi connectivity index (χ3n) is 2.14. The topological polar surface area (TPSA) is 91.9 Å². The Morgan fingerprint density at radius 2 is 2.06 bits per heavy atom. The van der Waals surface area contributed by atoms with Crippen LogP contribution in [-0.2, 0) is 0 Å². The highest BCUT2D eigenvalue weighted by Crippen LogP contribution is 2.15. The molecule has 1 heterocycles. The van der Waals surface area contributed by atoms with Gasteiger partial charge in [0.2, 0.25) is 0 Å². The molecule has 0 saturated heterocycles. The zero-order valence-electron chi connectivity index (χ0n) is 8.40. The third-order valence-corrected chi connectivity index (χ3v) is 2.14. The van der Waals surface area contributed by atoms with Crippen LogP contribution >= 0.6 is 0 Å². The van der Waals surface area contributed by atoms with Crippen LogP contribution < -0.4 is 11.1 Å². The van der Waals surface area contributed by atoms with Gasteiger partial charge in [-0.1, -0.05) is 24.3 Å². The van der Waals surface area contributed by atoms with E-state index in [0.29, 0.717) is 0 Å². The Morgan fingerprint density at radius 1 is 1.31 bits per heavy atom. The number of amides is 1. The normalized spacial score (nSPS) is 10.0. The number of carbonyl (C=O) groups excluding carboxylic acids is 1. The maximum Gasteiger partial charge on any atom is 0.277 e. The van der Waals surface area contributed by atoms with Crippen LogP contribution in [0.15, 0.2) is 36.5 Å². The fourth-order valence-corrected chi connectivity index (χ4v) is 1.48. The fourth-order valence-electron chi connectivity index (χ4n) is 1.48. The molecule has 0 atom stereocenters. The van der Waals surface area contributed by atoms with Crippen LogP contribution in [0.2, 0.25) is 0 Å². The van der Waals surface area contributed by atoms with Crippen LogP contribution in [0, 0.1) is 5.41 Å². The number of benzene rings is 1. The molecule has 0 spiro atoms. The molecule has 16 heavy (non-hydrogen) atoms. The van der Waals surface area contributed by atoms with Gasteiger partial charge in [0, 0.05) is 11.6 Å². The molecular weight excluding hydrogens is 204 g/mol. The summed E-state index contributed by atoms with van der Waals surface area (Å²) in [5.41, 5.74) is 5.37. The molecule has 80 valence electrons. The molecule has 1 aromatic carbocycles. The number of nitrogens with one attached hydrogen (secondary N) is 2. The summed E-state index contributed by atoms with van der Waals surface area (Å²) in [4.78, 5) is 15.7. The molecule has 5 nitrogen and oxygen atoms in total. The smallest absolute Gasteiger partial charge is 0.277 e. The van der Waals surface area contributed by atoms with E-state index in [1.165, 1.54) is 0 Å². The van der Waals surface area contributed by atoms with E-state index >= 15 is 0 Å². The summed E-state index contributed by atoms with van der Waals surface area (Å²) >= 11 is 0. The quantitative estimate of drug-likeness (QED) is 0.485. The molecule has 2 aromatic rings. The number of carbonyl (C=O) groups is 1. The summed E-state index contributed by atoms with van der Waals surface area (Å²) in [6.07, 6.45) is 1.55. The number of pyridine rings is 1. The largest absolute Gasteiger partial charge is 0.370 e. The number of guanidine groups is 1. The van der Waals surface area contributed by atoms with Gasteiger partial charge in [0.25, 0.3) is 5.91 Å². The molecule has 0 unspecified atom stereocenters. The Balaban J connectivity index is 2.52. The highest BCUT2D eigenvalue weighted by molar-refractivity contribution is 6.10. The molecule has 0 bridgehead atoms. The van der Waals surface area contributed by atoms with E-state index < -0.39 is 5.91 Å². The summed E-state index contributed by atoms with van der Waals surface area (Å²) in [5, 5.41) is 10.9. The monoisotopic (exact) mass is 214 g/mol. The van der Waals surface area contributed by atoms with Crippen LogP contribution in [0.5, 0.6) is 0 Å². The van der Waals surface area contributed by atoms with Crippen molar-refractivity contribution in [2.45, 2.75) is 0 Å². The predicted octanol–water partition coefficient (Wildman–Crippen LogP) is 0.858. The lowest BCUT2D eigenvalue weighted by Gasteiger charge is -2.05. The molecule has 1 aromatic heterocycles. The summed E-state index contributed by atoms with van der Waals surface area (Å²) in [6, 6.07) is 9.22. The van der Waals surface area contributed by atoms with Gasteiger partial charge in [0.1, 0.15) is 5.69 Å². The molecule has 4 N–H and O–H groups in total. The molecule has 1 amide bonds. The maximum atomic E-state index is 11.7. The average Bonchev–Trinajstić information content (AvgIpc) is 2.27. The number of hydrogen-bond acceptors (Lipinski definition) is 3. The van der Waals surface area contributed by atoms with Crippen molar-refractivity contribution in [2.24, 2.45) is 5.73 Å². The van der Waals surface area contributed by atoms with E-state index in [-0.39, 0.29) is 11.7 Å². The predicted molar refractivity (Wildman–Crippen MR) is 61.1 cm³/mol. The van der Waals surface area contributed by atoms with Crippen molar-refractivity contribution in [1.29, 1.82) is 5.41 Å². The number of nitrogens with zero attached hydrogens (tertiary/aromatic N) is 1. The molecule has 0 aliphatic carbocycles. The number of aromatic nitrogens is 1. The lowest BCUT2D eigenvalue weighted by molar-refractivity contribution is 0.0973. The Kier molecular flexibility index (Phi) is 2.51. The average molecular weight is 214 g/mol. The third kappa shape index (κ3) is 1.83. The van der Waals surface area contributed by atoms with Crippen molar-refractivity contribution in [3.8, 4) is 0 Å². The van der Waals surface area contributed by atoms with Crippen molar-refractivity contribution < 1.29 is 4.79 Å². The first kappa shape index (κ1) is 10.1. The van der Waals surface area contributed by atoms with Crippen LogP contribution in [-0.4, -0.2) is 16.9 Å². The molecule has 0 aliphatic heterocycles. The zero-order chi connectivity index (χ0) is 11.5. The first-order chi connectivity index (χ1) is 7.68. The van der Waals surface area contributed by atoms with Gasteiger partial charge in [-0.25, -0.2) is 0 Å². The molecule has 0 aliphatic rings. The number of fused-ring (bicyclic) bond motifs is 1. The Morgan fingerprint density at radius 3 is 2.81 bits per heavy atom. The summed E-state index contributed by atoms with van der Waals surface area (Å²) in [7, 11) is 0. The summed E-state index contributed by atoms with van der Waals surface area (Å²) in [6.45, 7) is 0. The van der Waals surface area contributed by atoms with Gasteiger partial charge in [0.15, 0.2) is 5.96 Å². The minimum Gasteiger partial charge on any atom is -0.370 e. The second-order valence-electron chi connectivity index (χ2n) is 3.25. The van der Waals surface area contributed by atoms with Crippen LogP contribution in [0.4, 0.5) is 0 Å². The SMILES string of the molecule is N=C(N)NC(=O)c1nccc2ccccc12. The van der Waals surface area contributed by atoms with E-state index in [4.69, 9.17) is 11.1 Å². The van der Waals surface area contributed by atoms with E-state index in [1.807, 2.05) is 24.3 Å². The Bertz CT molecular complexity index is 559. The van der Waals surface area contributed by atoms with Gasteiger partial charge in [-0.3, -0.25) is 20.5 Å². The highest BCUT2D eigenvalue weighted by Gasteiger charge is 2.11.